The summed E-state index contributed by atoms with van der Waals surface area (Å²) in [6.07, 6.45) is 2.80. The maximum Gasteiger partial charge on any atom is 0.376 e. The summed E-state index contributed by atoms with van der Waals surface area (Å²) in [7, 11) is 0. The molecule has 4 unspecified atom stereocenters. The Bertz CT molecular complexity index is 469. The van der Waals surface area contributed by atoms with Gasteiger partial charge in [-0.1, -0.05) is 13.8 Å². The van der Waals surface area contributed by atoms with Crippen molar-refractivity contribution in [2.24, 2.45) is 23.7 Å². The molecule has 24 heavy (non-hydrogen) atoms. The molecule has 2 nitrogen and oxygen atoms in total. The second-order valence-corrected chi connectivity index (χ2v) is 7.79. The van der Waals surface area contributed by atoms with Gasteiger partial charge in [-0.05, 0) is 37.5 Å². The van der Waals surface area contributed by atoms with E-state index in [-0.39, 0.29) is 5.92 Å². The lowest BCUT2D eigenvalue weighted by Gasteiger charge is -2.55. The van der Waals surface area contributed by atoms with Gasteiger partial charge in [0.25, 0.3) is 0 Å². The maximum absolute atomic E-state index is 13.8. The van der Waals surface area contributed by atoms with Gasteiger partial charge in [0, 0.05) is 11.8 Å². The van der Waals surface area contributed by atoms with Crippen molar-refractivity contribution in [2.75, 3.05) is 13.2 Å². The zero-order valence-corrected chi connectivity index (χ0v) is 13.6. The van der Waals surface area contributed by atoms with Gasteiger partial charge in [0.15, 0.2) is 5.79 Å². The fourth-order valence-electron chi connectivity index (χ4n) is 4.75. The molecule has 8 heteroatoms. The van der Waals surface area contributed by atoms with Gasteiger partial charge >= 0.3 is 17.8 Å². The number of hydrogen-bond acceptors (Lipinski definition) is 2. The van der Waals surface area contributed by atoms with Gasteiger partial charge in [-0.3, -0.25) is 0 Å². The zero-order chi connectivity index (χ0) is 18.0. The summed E-state index contributed by atoms with van der Waals surface area (Å²) in [4.78, 5) is 0. The molecule has 3 aliphatic rings. The summed E-state index contributed by atoms with van der Waals surface area (Å²) < 4.78 is 92.5. The third-order valence-electron chi connectivity index (χ3n) is 5.86. The molecule has 1 spiro atoms. The van der Waals surface area contributed by atoms with Gasteiger partial charge in [0.1, 0.15) is 13.2 Å². The molecule has 0 aromatic heterocycles. The molecule has 3 fully saturated rings. The molecular formula is C16H22F6O2. The average molecular weight is 360 g/mol. The van der Waals surface area contributed by atoms with Crippen LogP contribution in [-0.2, 0) is 9.47 Å². The minimum Gasteiger partial charge on any atom is -0.343 e. The summed E-state index contributed by atoms with van der Waals surface area (Å²) in [5.41, 5.74) is 0. The summed E-state index contributed by atoms with van der Waals surface area (Å²) in [6.45, 7) is 0.166. The van der Waals surface area contributed by atoms with Crippen molar-refractivity contribution in [2.45, 2.75) is 63.1 Å². The minimum absolute atomic E-state index is 0.290. The number of fused-ring (bicyclic) bond motifs is 3. The molecule has 0 N–H and O–H groups in total. The van der Waals surface area contributed by atoms with Gasteiger partial charge in [-0.2, -0.15) is 26.3 Å². The predicted molar refractivity (Wildman–Crippen MR) is 73.3 cm³/mol. The van der Waals surface area contributed by atoms with Crippen LogP contribution in [0.3, 0.4) is 0 Å². The first kappa shape index (κ1) is 18.3. The van der Waals surface area contributed by atoms with E-state index >= 15 is 0 Å². The predicted octanol–water partition coefficient (Wildman–Crippen LogP) is 4.73. The highest BCUT2D eigenvalue weighted by molar-refractivity contribution is 5.02. The monoisotopic (exact) mass is 360 g/mol. The third-order valence-corrected chi connectivity index (χ3v) is 5.86. The summed E-state index contributed by atoms with van der Waals surface area (Å²) in [6, 6.07) is 0. The van der Waals surface area contributed by atoms with Crippen LogP contribution in [0, 0.1) is 23.7 Å². The van der Waals surface area contributed by atoms with Gasteiger partial charge in [0.05, 0.1) is 0 Å². The Morgan fingerprint density at radius 3 is 1.83 bits per heavy atom. The van der Waals surface area contributed by atoms with Crippen molar-refractivity contribution in [1.29, 1.82) is 0 Å². The number of halogens is 6. The Morgan fingerprint density at radius 2 is 1.29 bits per heavy atom. The molecule has 140 valence electrons. The van der Waals surface area contributed by atoms with Gasteiger partial charge in [0.2, 0.25) is 0 Å². The minimum atomic E-state index is -5.51. The van der Waals surface area contributed by atoms with E-state index in [1.54, 1.807) is 6.92 Å². The Morgan fingerprint density at radius 1 is 0.750 bits per heavy atom. The van der Waals surface area contributed by atoms with E-state index in [4.69, 9.17) is 9.47 Å². The summed E-state index contributed by atoms with van der Waals surface area (Å²) in [5.74, 6) is -17.2. The van der Waals surface area contributed by atoms with Crippen molar-refractivity contribution >= 4 is 0 Å². The largest absolute Gasteiger partial charge is 0.376 e. The molecule has 1 saturated heterocycles. The third kappa shape index (κ3) is 2.55. The molecule has 2 aliphatic carbocycles. The highest BCUT2D eigenvalue weighted by Crippen LogP contribution is 2.56. The van der Waals surface area contributed by atoms with Crippen LogP contribution in [0.2, 0.25) is 0 Å². The van der Waals surface area contributed by atoms with Crippen LogP contribution in [0.4, 0.5) is 26.3 Å². The van der Waals surface area contributed by atoms with Crippen LogP contribution in [0.1, 0.15) is 39.5 Å². The second-order valence-electron chi connectivity index (χ2n) is 7.79. The van der Waals surface area contributed by atoms with Crippen molar-refractivity contribution < 1.29 is 35.8 Å². The van der Waals surface area contributed by atoms with Crippen LogP contribution in [0.15, 0.2) is 0 Å². The van der Waals surface area contributed by atoms with Crippen LogP contribution in [0.25, 0.3) is 0 Å². The van der Waals surface area contributed by atoms with Gasteiger partial charge in [-0.25, -0.2) is 0 Å². The van der Waals surface area contributed by atoms with Gasteiger partial charge < -0.3 is 9.47 Å². The Labute approximate surface area is 136 Å². The maximum atomic E-state index is 13.8. The Balaban J connectivity index is 1.94. The molecule has 0 radical (unpaired) electrons. The number of rotatable bonds is 0. The molecule has 2 bridgehead atoms. The molecular weight excluding hydrogens is 338 g/mol. The number of hydrogen-bond donors (Lipinski definition) is 0. The quantitative estimate of drug-likeness (QED) is 0.582. The van der Waals surface area contributed by atoms with Crippen molar-refractivity contribution in [3.05, 3.63) is 0 Å². The first-order chi connectivity index (χ1) is 10.9. The fourth-order valence-corrected chi connectivity index (χ4v) is 4.75. The van der Waals surface area contributed by atoms with Crippen molar-refractivity contribution in [1.82, 2.24) is 0 Å². The molecule has 4 atom stereocenters. The lowest BCUT2D eigenvalue weighted by molar-refractivity contribution is -0.411. The van der Waals surface area contributed by atoms with Crippen LogP contribution < -0.4 is 0 Å². The molecule has 0 amide bonds. The normalized spacial score (nSPS) is 43.0. The smallest absolute Gasteiger partial charge is 0.343 e. The molecule has 1 aliphatic heterocycles. The highest BCUT2D eigenvalue weighted by Gasteiger charge is 2.74. The molecule has 0 aromatic rings. The highest BCUT2D eigenvalue weighted by atomic mass is 19.3. The summed E-state index contributed by atoms with van der Waals surface area (Å²) >= 11 is 0. The topological polar surface area (TPSA) is 18.5 Å². The molecule has 3 rings (SSSR count). The lowest BCUT2D eigenvalue weighted by atomic mass is 9.62. The molecule has 1 heterocycles. The first-order valence-corrected chi connectivity index (χ1v) is 8.32. The number of alkyl halides is 6. The SMILES string of the molecule is CC1CC2CC(C)C3(OCC(F)(F)C(F)(F)C(F)(F)CO3)C(C1)C2. The zero-order valence-electron chi connectivity index (χ0n) is 13.6. The lowest BCUT2D eigenvalue weighted by Crippen LogP contribution is -2.65. The van der Waals surface area contributed by atoms with E-state index in [0.717, 1.165) is 6.42 Å². The van der Waals surface area contributed by atoms with Crippen LogP contribution >= 0.6 is 0 Å². The Kier molecular flexibility index (Phi) is 4.19. The second kappa shape index (κ2) is 5.50. The van der Waals surface area contributed by atoms with E-state index in [9.17, 15) is 26.3 Å². The number of ether oxygens (including phenoxy) is 2. The summed E-state index contributed by atoms with van der Waals surface area (Å²) in [5, 5.41) is 0. The van der Waals surface area contributed by atoms with E-state index < -0.39 is 42.7 Å². The standard InChI is InChI=1S/C16H22F6O2/c1-9-3-11-5-10(2)15(12(4-9)6-11)23-7-13(17,18)16(21,22)14(19,20)8-24-15/h9-12H,3-8H2,1-2H3. The van der Waals surface area contributed by atoms with Crippen molar-refractivity contribution in [3.63, 3.8) is 0 Å². The van der Waals surface area contributed by atoms with E-state index in [0.29, 0.717) is 31.1 Å². The van der Waals surface area contributed by atoms with E-state index in [1.165, 1.54) is 0 Å². The van der Waals surface area contributed by atoms with Crippen LogP contribution in [0.5, 0.6) is 0 Å². The fraction of sp³-hybridized carbons (Fsp3) is 1.00. The van der Waals surface area contributed by atoms with Crippen molar-refractivity contribution in [3.8, 4) is 0 Å². The molecule has 2 saturated carbocycles. The average Bonchev–Trinajstić information content (AvgIpc) is 2.44. The first-order valence-electron chi connectivity index (χ1n) is 8.32. The molecule has 0 aromatic carbocycles. The van der Waals surface area contributed by atoms with Crippen LogP contribution in [-0.4, -0.2) is 36.8 Å². The van der Waals surface area contributed by atoms with Gasteiger partial charge in [-0.15, -0.1) is 0 Å². The Hall–Kier alpha value is -0.500. The van der Waals surface area contributed by atoms with E-state index in [2.05, 4.69) is 0 Å². The van der Waals surface area contributed by atoms with E-state index in [1.807, 2.05) is 6.92 Å².